The molecule has 0 aliphatic heterocycles. The third-order valence-electron chi connectivity index (χ3n) is 5.21. The predicted molar refractivity (Wildman–Crippen MR) is 103 cm³/mol. The summed E-state index contributed by atoms with van der Waals surface area (Å²) >= 11 is 6.61. The van der Waals surface area contributed by atoms with Crippen molar-refractivity contribution in [2.45, 2.75) is 40.9 Å². The SMILES string of the molecule is COCc1c(F)c(C)c(COC(=O)[C@@H]2[C@H](C=C(Br)Br)C2(C)C)c(C)c1F. The van der Waals surface area contributed by atoms with E-state index < -0.39 is 11.6 Å². The number of methoxy groups -OCH3 is 1. The van der Waals surface area contributed by atoms with Crippen LogP contribution in [0.1, 0.15) is 36.1 Å². The quantitative estimate of drug-likeness (QED) is 0.476. The minimum Gasteiger partial charge on any atom is -0.461 e. The summed E-state index contributed by atoms with van der Waals surface area (Å²) in [5, 5.41) is 0. The Bertz CT molecular complexity index is 727. The molecule has 144 valence electrons. The van der Waals surface area contributed by atoms with Crippen LogP contribution in [0.2, 0.25) is 0 Å². The highest BCUT2D eigenvalue weighted by Gasteiger charge is 2.61. The molecule has 1 aromatic carbocycles. The van der Waals surface area contributed by atoms with Crippen molar-refractivity contribution >= 4 is 37.8 Å². The summed E-state index contributed by atoms with van der Waals surface area (Å²) < 4.78 is 39.9. The first-order valence-electron chi connectivity index (χ1n) is 8.18. The van der Waals surface area contributed by atoms with Crippen LogP contribution in [-0.2, 0) is 27.5 Å². The topological polar surface area (TPSA) is 35.5 Å². The average Bonchev–Trinajstić information content (AvgIpc) is 3.09. The molecule has 2 rings (SSSR count). The van der Waals surface area contributed by atoms with Gasteiger partial charge < -0.3 is 9.47 Å². The zero-order chi connectivity index (χ0) is 19.8. The number of benzene rings is 1. The van der Waals surface area contributed by atoms with Crippen LogP contribution in [0.3, 0.4) is 0 Å². The second-order valence-electron chi connectivity index (χ2n) is 7.16. The number of esters is 1. The van der Waals surface area contributed by atoms with Crippen LogP contribution in [-0.4, -0.2) is 13.1 Å². The summed E-state index contributed by atoms with van der Waals surface area (Å²) in [5.41, 5.74) is 0.595. The number of halogens is 4. The molecule has 0 heterocycles. The Balaban J connectivity index is 2.18. The van der Waals surface area contributed by atoms with Gasteiger partial charge in [-0.2, -0.15) is 0 Å². The van der Waals surface area contributed by atoms with E-state index in [1.54, 1.807) is 13.8 Å². The fourth-order valence-electron chi connectivity index (χ4n) is 3.39. The molecule has 7 heteroatoms. The van der Waals surface area contributed by atoms with Crippen LogP contribution in [0.15, 0.2) is 9.47 Å². The second kappa shape index (κ2) is 8.07. The highest BCUT2D eigenvalue weighted by Crippen LogP contribution is 2.60. The van der Waals surface area contributed by atoms with E-state index in [-0.39, 0.29) is 53.1 Å². The fraction of sp³-hybridized carbons (Fsp3) is 0.526. The molecule has 0 N–H and O–H groups in total. The molecule has 0 amide bonds. The highest BCUT2D eigenvalue weighted by molar-refractivity contribution is 9.28. The molecule has 0 aromatic heterocycles. The third-order valence-corrected chi connectivity index (χ3v) is 5.74. The van der Waals surface area contributed by atoms with Crippen LogP contribution in [0, 0.1) is 42.7 Å². The van der Waals surface area contributed by atoms with Crippen molar-refractivity contribution in [3.05, 3.63) is 43.4 Å². The lowest BCUT2D eigenvalue weighted by Crippen LogP contribution is -2.14. The van der Waals surface area contributed by atoms with E-state index in [0.29, 0.717) is 5.56 Å². The molecule has 26 heavy (non-hydrogen) atoms. The Hall–Kier alpha value is -0.790. The van der Waals surface area contributed by atoms with Crippen molar-refractivity contribution in [3.8, 4) is 0 Å². The van der Waals surface area contributed by atoms with Gasteiger partial charge in [-0.3, -0.25) is 4.79 Å². The van der Waals surface area contributed by atoms with Crippen LogP contribution >= 0.6 is 31.9 Å². The number of hydrogen-bond acceptors (Lipinski definition) is 3. The van der Waals surface area contributed by atoms with E-state index >= 15 is 0 Å². The normalized spacial score (nSPS) is 20.7. The summed E-state index contributed by atoms with van der Waals surface area (Å²) in [5.74, 6) is -1.91. The fourth-order valence-corrected chi connectivity index (χ4v) is 3.96. The lowest BCUT2D eigenvalue weighted by Gasteiger charge is -2.16. The van der Waals surface area contributed by atoms with E-state index in [9.17, 15) is 13.6 Å². The summed E-state index contributed by atoms with van der Waals surface area (Å²) in [6.45, 7) is 6.77. The molecular weight excluding hydrogens is 474 g/mol. The van der Waals surface area contributed by atoms with Gasteiger partial charge in [-0.15, -0.1) is 0 Å². The Morgan fingerprint density at radius 3 is 2.12 bits per heavy atom. The van der Waals surface area contributed by atoms with Gasteiger partial charge in [-0.05, 0) is 68.2 Å². The molecule has 0 saturated heterocycles. The zero-order valence-electron chi connectivity index (χ0n) is 15.4. The number of allylic oxidation sites excluding steroid dienone is 1. The maximum Gasteiger partial charge on any atom is 0.310 e. The molecular formula is C19H22Br2F2O3. The number of hydrogen-bond donors (Lipinski definition) is 0. The highest BCUT2D eigenvalue weighted by atomic mass is 79.9. The van der Waals surface area contributed by atoms with E-state index in [1.807, 2.05) is 19.9 Å². The minimum atomic E-state index is -0.656. The van der Waals surface area contributed by atoms with Crippen molar-refractivity contribution in [1.82, 2.24) is 0 Å². The molecule has 0 bridgehead atoms. The monoisotopic (exact) mass is 494 g/mol. The average molecular weight is 496 g/mol. The third kappa shape index (κ3) is 4.04. The molecule has 1 saturated carbocycles. The van der Waals surface area contributed by atoms with Gasteiger partial charge in [0.05, 0.1) is 15.9 Å². The van der Waals surface area contributed by atoms with Crippen molar-refractivity contribution in [1.29, 1.82) is 0 Å². The van der Waals surface area contributed by atoms with Gasteiger partial charge >= 0.3 is 5.97 Å². The molecule has 1 aromatic rings. The molecule has 3 nitrogen and oxygen atoms in total. The lowest BCUT2D eigenvalue weighted by molar-refractivity contribution is -0.147. The van der Waals surface area contributed by atoms with E-state index in [4.69, 9.17) is 9.47 Å². The Morgan fingerprint density at radius 2 is 1.65 bits per heavy atom. The zero-order valence-corrected chi connectivity index (χ0v) is 18.6. The Kier molecular flexibility index (Phi) is 6.67. The van der Waals surface area contributed by atoms with Crippen LogP contribution in [0.5, 0.6) is 0 Å². The molecule has 0 unspecified atom stereocenters. The van der Waals surface area contributed by atoms with Crippen LogP contribution < -0.4 is 0 Å². The largest absolute Gasteiger partial charge is 0.461 e. The smallest absolute Gasteiger partial charge is 0.310 e. The number of carbonyl (C=O) groups is 1. The molecule has 0 radical (unpaired) electrons. The molecule has 1 aliphatic carbocycles. The van der Waals surface area contributed by atoms with Gasteiger partial charge in [0.2, 0.25) is 0 Å². The summed E-state index contributed by atoms with van der Waals surface area (Å²) in [7, 11) is 1.38. The van der Waals surface area contributed by atoms with Gasteiger partial charge in [0.25, 0.3) is 0 Å². The summed E-state index contributed by atoms with van der Waals surface area (Å²) in [4.78, 5) is 12.5. The first-order valence-corrected chi connectivity index (χ1v) is 9.76. The first kappa shape index (κ1) is 21.5. The molecule has 0 spiro atoms. The second-order valence-corrected chi connectivity index (χ2v) is 9.93. The minimum absolute atomic E-state index is 0.0449. The molecule has 1 aliphatic rings. The van der Waals surface area contributed by atoms with Gasteiger partial charge in [-0.1, -0.05) is 19.9 Å². The Morgan fingerprint density at radius 1 is 1.12 bits per heavy atom. The Labute approximate surface area is 169 Å². The van der Waals surface area contributed by atoms with E-state index in [2.05, 4.69) is 31.9 Å². The standard InChI is InChI=1S/C19H22Br2F2O3/c1-9-11(10(2)17(23)12(7-25-5)16(9)22)8-26-18(24)15-13(6-14(20)21)19(15,3)4/h6,13,15H,7-8H2,1-5H3/t13-,15-/m0/s1. The van der Waals surface area contributed by atoms with Crippen molar-refractivity contribution in [2.24, 2.45) is 17.3 Å². The van der Waals surface area contributed by atoms with Crippen molar-refractivity contribution < 1.29 is 23.0 Å². The van der Waals surface area contributed by atoms with E-state index in [0.717, 1.165) is 3.39 Å². The number of carbonyl (C=O) groups excluding carboxylic acids is 1. The number of ether oxygens (including phenoxy) is 2. The molecule has 1 fully saturated rings. The van der Waals surface area contributed by atoms with Crippen molar-refractivity contribution in [3.63, 3.8) is 0 Å². The van der Waals surface area contributed by atoms with E-state index in [1.165, 1.54) is 7.11 Å². The maximum atomic E-state index is 14.4. The molecule has 2 atom stereocenters. The van der Waals surface area contributed by atoms with Crippen LogP contribution in [0.25, 0.3) is 0 Å². The van der Waals surface area contributed by atoms with Gasteiger partial charge in [-0.25, -0.2) is 8.78 Å². The maximum absolute atomic E-state index is 14.4. The lowest BCUT2D eigenvalue weighted by atomic mass is 9.98. The first-order chi connectivity index (χ1) is 12.0. The summed E-state index contributed by atoms with van der Waals surface area (Å²) in [6, 6.07) is 0. The van der Waals surface area contributed by atoms with Crippen molar-refractivity contribution in [2.75, 3.05) is 7.11 Å². The van der Waals surface area contributed by atoms with Gasteiger partial charge in [0, 0.05) is 18.2 Å². The van der Waals surface area contributed by atoms with Gasteiger partial charge in [0.15, 0.2) is 0 Å². The summed E-state index contributed by atoms with van der Waals surface area (Å²) in [6.07, 6.45) is 1.92. The van der Waals surface area contributed by atoms with Crippen LogP contribution in [0.4, 0.5) is 8.78 Å². The predicted octanol–water partition coefficient (Wildman–Crippen LogP) is 5.67. The number of rotatable bonds is 6. The van der Waals surface area contributed by atoms with Gasteiger partial charge in [0.1, 0.15) is 18.2 Å².